The Hall–Kier alpha value is -3.90. The molecule has 1 atom stereocenters. The number of hydrogen-bond acceptors (Lipinski definition) is 4. The van der Waals surface area contributed by atoms with Crippen molar-refractivity contribution in [1.29, 1.82) is 0 Å². The maximum atomic E-state index is 13.3. The van der Waals surface area contributed by atoms with Crippen LogP contribution in [-0.4, -0.2) is 31.1 Å². The minimum atomic E-state index is -0.767. The molecule has 1 N–H and O–H groups in total. The number of halogens is 1. The normalized spacial score (nSPS) is 17.8. The van der Waals surface area contributed by atoms with Crippen LogP contribution < -0.4 is 0 Å². The van der Waals surface area contributed by atoms with Crippen LogP contribution in [0.2, 0.25) is 5.02 Å². The second kappa shape index (κ2) is 8.22. The highest BCUT2D eigenvalue weighted by molar-refractivity contribution is 6.46. The maximum Gasteiger partial charge on any atom is 0.295 e. The van der Waals surface area contributed by atoms with Gasteiger partial charge in [-0.05, 0) is 42.3 Å². The van der Waals surface area contributed by atoms with Crippen LogP contribution in [0.4, 0.5) is 0 Å². The Balaban J connectivity index is 1.72. The molecule has 5 rings (SSSR count). The van der Waals surface area contributed by atoms with Crippen molar-refractivity contribution in [1.82, 2.24) is 14.3 Å². The van der Waals surface area contributed by atoms with Gasteiger partial charge in [0.15, 0.2) is 5.76 Å². The standard InChI is InChI=1S/C26H20ClN3O3/c1-16-22(29-14-6-5-9-20(29)28-16)24(31)21-23(18-10-12-19(27)13-11-18)30(26(33)25(21)32)15-17-7-3-2-4-8-17/h2-14,23,31H,15H2,1H3. The van der Waals surface area contributed by atoms with Gasteiger partial charge in [0.2, 0.25) is 0 Å². The summed E-state index contributed by atoms with van der Waals surface area (Å²) >= 11 is 6.09. The predicted molar refractivity (Wildman–Crippen MR) is 126 cm³/mol. The second-order valence-corrected chi connectivity index (χ2v) is 8.38. The number of nitrogens with zero attached hydrogens (tertiary/aromatic N) is 3. The second-order valence-electron chi connectivity index (χ2n) is 7.94. The van der Waals surface area contributed by atoms with Crippen LogP contribution in [0.15, 0.2) is 84.6 Å². The molecule has 164 valence electrons. The highest BCUT2D eigenvalue weighted by Crippen LogP contribution is 2.41. The number of amides is 1. The number of pyridine rings is 1. The van der Waals surface area contributed by atoms with Crippen molar-refractivity contribution >= 4 is 34.7 Å². The molecule has 33 heavy (non-hydrogen) atoms. The average molecular weight is 458 g/mol. The first kappa shape index (κ1) is 21.0. The van der Waals surface area contributed by atoms with E-state index in [4.69, 9.17) is 11.6 Å². The van der Waals surface area contributed by atoms with Crippen molar-refractivity contribution in [2.75, 3.05) is 0 Å². The predicted octanol–water partition coefficient (Wildman–Crippen LogP) is 4.92. The number of carbonyl (C=O) groups excluding carboxylic acids is 2. The molecule has 1 aliphatic heterocycles. The fourth-order valence-corrected chi connectivity index (χ4v) is 4.47. The van der Waals surface area contributed by atoms with Gasteiger partial charge < -0.3 is 10.0 Å². The number of carbonyl (C=O) groups is 2. The molecule has 2 aromatic carbocycles. The number of ketones is 1. The van der Waals surface area contributed by atoms with Crippen molar-refractivity contribution in [3.05, 3.63) is 112 Å². The number of likely N-dealkylation sites (tertiary alicyclic amines) is 1. The number of aryl methyl sites for hydroxylation is 1. The van der Waals surface area contributed by atoms with Gasteiger partial charge in [-0.1, -0.05) is 60.1 Å². The molecule has 0 aliphatic carbocycles. The lowest BCUT2D eigenvalue weighted by molar-refractivity contribution is -0.140. The van der Waals surface area contributed by atoms with E-state index in [2.05, 4.69) is 4.98 Å². The van der Waals surface area contributed by atoms with Crippen molar-refractivity contribution in [2.45, 2.75) is 19.5 Å². The lowest BCUT2D eigenvalue weighted by atomic mass is 9.96. The molecule has 1 aliphatic rings. The number of rotatable bonds is 4. The fraction of sp³-hybridized carbons (Fsp3) is 0.115. The number of imidazole rings is 1. The number of Topliss-reactive ketones (excluding diaryl/α,β-unsaturated/α-hetero) is 1. The summed E-state index contributed by atoms with van der Waals surface area (Å²) in [6.45, 7) is 1.99. The molecule has 1 fully saturated rings. The lowest BCUT2D eigenvalue weighted by Gasteiger charge is -2.25. The summed E-state index contributed by atoms with van der Waals surface area (Å²) in [5.74, 6) is -1.64. The molecule has 0 radical (unpaired) electrons. The zero-order valence-electron chi connectivity index (χ0n) is 17.8. The zero-order chi connectivity index (χ0) is 23.1. The van der Waals surface area contributed by atoms with Gasteiger partial charge in [-0.25, -0.2) is 4.98 Å². The third-order valence-corrected chi connectivity index (χ3v) is 6.10. The summed E-state index contributed by atoms with van der Waals surface area (Å²) in [4.78, 5) is 32.4. The summed E-state index contributed by atoms with van der Waals surface area (Å²) in [6, 6.07) is 21.1. The highest BCUT2D eigenvalue weighted by Gasteiger charge is 2.46. The number of aliphatic hydroxyl groups excluding tert-OH is 1. The van der Waals surface area contributed by atoms with E-state index < -0.39 is 17.7 Å². The Labute approximate surface area is 195 Å². The van der Waals surface area contributed by atoms with Gasteiger partial charge in [0, 0.05) is 17.8 Å². The SMILES string of the molecule is Cc1nc2ccccn2c1C(O)=C1C(=O)C(=O)N(Cc2ccccc2)C1c1ccc(Cl)cc1. The molecule has 6 nitrogen and oxygen atoms in total. The Morgan fingerprint density at radius 3 is 2.42 bits per heavy atom. The van der Waals surface area contributed by atoms with E-state index in [1.165, 1.54) is 4.90 Å². The summed E-state index contributed by atoms with van der Waals surface area (Å²) in [7, 11) is 0. The van der Waals surface area contributed by atoms with Crippen LogP contribution in [0.5, 0.6) is 0 Å². The fourth-order valence-electron chi connectivity index (χ4n) is 4.34. The molecular weight excluding hydrogens is 438 g/mol. The number of benzene rings is 2. The van der Waals surface area contributed by atoms with E-state index >= 15 is 0 Å². The van der Waals surface area contributed by atoms with Gasteiger partial charge in [-0.15, -0.1) is 0 Å². The van der Waals surface area contributed by atoms with E-state index in [1.807, 2.05) is 48.5 Å². The third kappa shape index (κ3) is 3.58. The molecule has 0 spiro atoms. The molecule has 3 heterocycles. The first-order valence-electron chi connectivity index (χ1n) is 10.5. The Bertz CT molecular complexity index is 1410. The van der Waals surface area contributed by atoms with Gasteiger partial charge >= 0.3 is 0 Å². The van der Waals surface area contributed by atoms with Crippen molar-refractivity contribution in [2.24, 2.45) is 0 Å². The first-order valence-corrected chi connectivity index (χ1v) is 10.9. The van der Waals surface area contributed by atoms with Crippen molar-refractivity contribution in [3.8, 4) is 0 Å². The topological polar surface area (TPSA) is 74.9 Å². The monoisotopic (exact) mass is 457 g/mol. The Morgan fingerprint density at radius 2 is 1.70 bits per heavy atom. The number of hydrogen-bond donors (Lipinski definition) is 1. The third-order valence-electron chi connectivity index (χ3n) is 5.85. The summed E-state index contributed by atoms with van der Waals surface area (Å²) in [5.41, 5.74) is 3.18. The summed E-state index contributed by atoms with van der Waals surface area (Å²) < 4.78 is 1.72. The van der Waals surface area contributed by atoms with Gasteiger partial charge in [-0.3, -0.25) is 14.0 Å². The smallest absolute Gasteiger partial charge is 0.295 e. The molecule has 4 aromatic rings. The molecular formula is C26H20ClN3O3. The number of aliphatic hydroxyl groups is 1. The van der Waals surface area contributed by atoms with Crippen LogP contribution >= 0.6 is 11.6 Å². The van der Waals surface area contributed by atoms with Crippen molar-refractivity contribution in [3.63, 3.8) is 0 Å². The van der Waals surface area contributed by atoms with Crippen LogP contribution in [0.25, 0.3) is 11.4 Å². The molecule has 1 unspecified atom stereocenters. The van der Waals surface area contributed by atoms with Gasteiger partial charge in [-0.2, -0.15) is 0 Å². The molecule has 1 amide bonds. The number of fused-ring (bicyclic) bond motifs is 1. The molecule has 1 saturated heterocycles. The quantitative estimate of drug-likeness (QED) is 0.268. The van der Waals surface area contributed by atoms with Crippen LogP contribution in [0, 0.1) is 6.92 Å². The summed E-state index contributed by atoms with van der Waals surface area (Å²) in [5, 5.41) is 12.0. The van der Waals surface area contributed by atoms with Crippen LogP contribution in [-0.2, 0) is 16.1 Å². The van der Waals surface area contributed by atoms with Crippen LogP contribution in [0.1, 0.15) is 28.6 Å². The summed E-state index contributed by atoms with van der Waals surface area (Å²) in [6.07, 6.45) is 1.77. The first-order chi connectivity index (χ1) is 16.0. The number of aromatic nitrogens is 2. The van der Waals surface area contributed by atoms with E-state index in [0.717, 1.165) is 5.56 Å². The van der Waals surface area contributed by atoms with E-state index in [9.17, 15) is 14.7 Å². The van der Waals surface area contributed by atoms with E-state index in [1.54, 1.807) is 41.8 Å². The Morgan fingerprint density at radius 1 is 1.00 bits per heavy atom. The Kier molecular flexibility index (Phi) is 5.23. The van der Waals surface area contributed by atoms with Gasteiger partial charge in [0.25, 0.3) is 11.7 Å². The van der Waals surface area contributed by atoms with E-state index in [0.29, 0.717) is 27.6 Å². The van der Waals surface area contributed by atoms with Gasteiger partial charge in [0.1, 0.15) is 11.3 Å². The largest absolute Gasteiger partial charge is 0.505 e. The highest BCUT2D eigenvalue weighted by atomic mass is 35.5. The molecule has 2 aromatic heterocycles. The zero-order valence-corrected chi connectivity index (χ0v) is 18.5. The van der Waals surface area contributed by atoms with Crippen molar-refractivity contribution < 1.29 is 14.7 Å². The van der Waals surface area contributed by atoms with E-state index in [-0.39, 0.29) is 17.9 Å². The maximum absolute atomic E-state index is 13.3. The molecule has 7 heteroatoms. The minimum absolute atomic E-state index is 0.0343. The minimum Gasteiger partial charge on any atom is -0.505 e. The average Bonchev–Trinajstić information content (AvgIpc) is 3.28. The van der Waals surface area contributed by atoms with Gasteiger partial charge in [0.05, 0.1) is 17.3 Å². The van der Waals surface area contributed by atoms with Crippen LogP contribution in [0.3, 0.4) is 0 Å². The molecule has 0 saturated carbocycles. The molecule has 0 bridgehead atoms. The lowest BCUT2D eigenvalue weighted by Crippen LogP contribution is -2.29.